The van der Waals surface area contributed by atoms with Crippen molar-refractivity contribution in [3.63, 3.8) is 0 Å². The van der Waals surface area contributed by atoms with Crippen LogP contribution < -0.4 is 9.64 Å². The lowest BCUT2D eigenvalue weighted by molar-refractivity contribution is -0.384. The number of nitro benzene ring substituents is 1. The zero-order valence-electron chi connectivity index (χ0n) is 15.4. The minimum absolute atomic E-state index is 0.00832. The number of likely N-dealkylation sites (N-methyl/N-ethyl adjacent to an activating group) is 1. The Morgan fingerprint density at radius 1 is 1.00 bits per heavy atom. The van der Waals surface area contributed by atoms with Crippen LogP contribution in [0.1, 0.15) is 11.1 Å². The third kappa shape index (κ3) is 4.73. The van der Waals surface area contributed by atoms with Gasteiger partial charge in [0.25, 0.3) is 11.6 Å². The molecule has 0 aliphatic carbocycles. The maximum Gasteiger partial charge on any atom is 0.269 e. The van der Waals surface area contributed by atoms with Gasteiger partial charge in [0.15, 0.2) is 6.61 Å². The summed E-state index contributed by atoms with van der Waals surface area (Å²) < 4.78 is 5.73. The smallest absolute Gasteiger partial charge is 0.269 e. The number of ether oxygens (including phenoxy) is 1. The number of carbonyl (C=O) groups excluding carboxylic acids is 1. The Kier molecular flexibility index (Phi) is 6.01. The second-order valence-electron chi connectivity index (χ2n) is 6.29. The maximum absolute atomic E-state index is 12.5. The highest BCUT2D eigenvalue weighted by Gasteiger charge is 2.16. The minimum Gasteiger partial charge on any atom is -0.483 e. The molecule has 0 aromatic heterocycles. The standard InChI is InChI=1S/C22H20N2O4/c1-23(19-10-6-3-7-11-19)22(25)16-28-21-13-12-20(24(26)27)15-18(21)14-17-8-4-2-5-9-17/h2-13,15H,14,16H2,1H3. The summed E-state index contributed by atoms with van der Waals surface area (Å²) in [5.41, 5.74) is 2.42. The number of non-ortho nitro benzene ring substituents is 1. The molecule has 0 radical (unpaired) electrons. The van der Waals surface area contributed by atoms with E-state index in [4.69, 9.17) is 4.74 Å². The molecule has 0 saturated heterocycles. The van der Waals surface area contributed by atoms with Crippen LogP contribution in [0.5, 0.6) is 5.75 Å². The van der Waals surface area contributed by atoms with E-state index in [2.05, 4.69) is 0 Å². The molecule has 0 aliphatic heterocycles. The van der Waals surface area contributed by atoms with E-state index in [1.165, 1.54) is 17.0 Å². The van der Waals surface area contributed by atoms with Crippen molar-refractivity contribution in [2.75, 3.05) is 18.6 Å². The second kappa shape index (κ2) is 8.81. The number of para-hydroxylation sites is 1. The summed E-state index contributed by atoms with van der Waals surface area (Å²) in [5.74, 6) is 0.250. The Balaban J connectivity index is 1.77. The summed E-state index contributed by atoms with van der Waals surface area (Å²) in [4.78, 5) is 24.7. The van der Waals surface area contributed by atoms with Gasteiger partial charge in [0.05, 0.1) is 4.92 Å². The average molecular weight is 376 g/mol. The first kappa shape index (κ1) is 19.1. The Morgan fingerprint density at radius 2 is 1.64 bits per heavy atom. The molecule has 0 unspecified atom stereocenters. The monoisotopic (exact) mass is 376 g/mol. The molecule has 0 spiro atoms. The van der Waals surface area contributed by atoms with Crippen LogP contribution in [0.4, 0.5) is 11.4 Å². The van der Waals surface area contributed by atoms with Crippen LogP contribution >= 0.6 is 0 Å². The van der Waals surface area contributed by atoms with Gasteiger partial charge < -0.3 is 9.64 Å². The topological polar surface area (TPSA) is 72.7 Å². The lowest BCUT2D eigenvalue weighted by atomic mass is 10.0. The molecule has 142 valence electrons. The quantitative estimate of drug-likeness (QED) is 0.457. The summed E-state index contributed by atoms with van der Waals surface area (Å²) >= 11 is 0. The van der Waals surface area contributed by atoms with Gasteiger partial charge >= 0.3 is 0 Å². The molecule has 28 heavy (non-hydrogen) atoms. The minimum atomic E-state index is -0.438. The SMILES string of the molecule is CN(C(=O)COc1ccc([N+](=O)[O-])cc1Cc1ccccc1)c1ccccc1. The predicted octanol–water partition coefficient (Wildman–Crippen LogP) is 4.23. The van der Waals surface area contributed by atoms with E-state index in [0.29, 0.717) is 17.7 Å². The van der Waals surface area contributed by atoms with E-state index in [0.717, 1.165) is 11.3 Å². The molecule has 3 aromatic carbocycles. The second-order valence-corrected chi connectivity index (χ2v) is 6.29. The largest absolute Gasteiger partial charge is 0.483 e. The number of nitrogens with zero attached hydrogens (tertiary/aromatic N) is 2. The van der Waals surface area contributed by atoms with Crippen LogP contribution in [0.2, 0.25) is 0 Å². The molecule has 6 nitrogen and oxygen atoms in total. The predicted molar refractivity (Wildman–Crippen MR) is 108 cm³/mol. The zero-order chi connectivity index (χ0) is 19.9. The van der Waals surface area contributed by atoms with Gasteiger partial charge in [-0.2, -0.15) is 0 Å². The van der Waals surface area contributed by atoms with Crippen molar-refractivity contribution in [2.24, 2.45) is 0 Å². The molecule has 0 atom stereocenters. The van der Waals surface area contributed by atoms with E-state index in [9.17, 15) is 14.9 Å². The first-order valence-corrected chi connectivity index (χ1v) is 8.80. The number of carbonyl (C=O) groups is 1. The van der Waals surface area contributed by atoms with Gasteiger partial charge in [-0.05, 0) is 23.8 Å². The van der Waals surface area contributed by atoms with Crippen LogP contribution in [0.15, 0.2) is 78.9 Å². The van der Waals surface area contributed by atoms with E-state index in [1.54, 1.807) is 13.1 Å². The Hall–Kier alpha value is -3.67. The first-order valence-electron chi connectivity index (χ1n) is 8.80. The highest BCUT2D eigenvalue weighted by atomic mass is 16.6. The molecular formula is C22H20N2O4. The normalized spacial score (nSPS) is 10.3. The van der Waals surface area contributed by atoms with Gasteiger partial charge in [0.2, 0.25) is 0 Å². The fraction of sp³-hybridized carbons (Fsp3) is 0.136. The van der Waals surface area contributed by atoms with Crippen molar-refractivity contribution in [1.82, 2.24) is 0 Å². The number of amides is 1. The van der Waals surface area contributed by atoms with Gasteiger partial charge in [0, 0.05) is 36.9 Å². The number of hydrogen-bond donors (Lipinski definition) is 0. The van der Waals surface area contributed by atoms with E-state index in [1.807, 2.05) is 60.7 Å². The molecule has 1 amide bonds. The molecule has 0 aliphatic rings. The number of hydrogen-bond acceptors (Lipinski definition) is 4. The van der Waals surface area contributed by atoms with E-state index >= 15 is 0 Å². The highest BCUT2D eigenvalue weighted by molar-refractivity contribution is 5.93. The molecule has 0 saturated carbocycles. The van der Waals surface area contributed by atoms with Crippen molar-refractivity contribution in [3.05, 3.63) is 100 Å². The summed E-state index contributed by atoms with van der Waals surface area (Å²) in [7, 11) is 1.68. The lowest BCUT2D eigenvalue weighted by Gasteiger charge is -2.18. The van der Waals surface area contributed by atoms with Gasteiger partial charge in [-0.3, -0.25) is 14.9 Å². The fourth-order valence-electron chi connectivity index (χ4n) is 2.81. The molecule has 0 heterocycles. The van der Waals surface area contributed by atoms with E-state index in [-0.39, 0.29) is 18.2 Å². The number of anilines is 1. The Bertz CT molecular complexity index is 959. The van der Waals surface area contributed by atoms with Gasteiger partial charge in [-0.1, -0.05) is 48.5 Å². The summed E-state index contributed by atoms with van der Waals surface area (Å²) in [6.07, 6.45) is 0.473. The third-order valence-corrected chi connectivity index (χ3v) is 4.36. The fourth-order valence-corrected chi connectivity index (χ4v) is 2.81. The number of rotatable bonds is 7. The number of benzene rings is 3. The molecule has 0 N–H and O–H groups in total. The molecular weight excluding hydrogens is 356 g/mol. The molecule has 0 fully saturated rings. The van der Waals surface area contributed by atoms with Crippen LogP contribution in [-0.2, 0) is 11.2 Å². The summed E-state index contributed by atoms with van der Waals surface area (Å²) in [6, 6.07) is 23.3. The van der Waals surface area contributed by atoms with Crippen molar-refractivity contribution in [1.29, 1.82) is 0 Å². The van der Waals surface area contributed by atoms with Crippen LogP contribution in [0, 0.1) is 10.1 Å². The zero-order valence-corrected chi connectivity index (χ0v) is 15.4. The van der Waals surface area contributed by atoms with Gasteiger partial charge in [-0.25, -0.2) is 0 Å². The third-order valence-electron chi connectivity index (χ3n) is 4.36. The Morgan fingerprint density at radius 3 is 2.29 bits per heavy atom. The van der Waals surface area contributed by atoms with Crippen LogP contribution in [0.25, 0.3) is 0 Å². The first-order chi connectivity index (χ1) is 13.5. The van der Waals surface area contributed by atoms with Crippen LogP contribution in [0.3, 0.4) is 0 Å². The van der Waals surface area contributed by atoms with Crippen LogP contribution in [-0.4, -0.2) is 24.5 Å². The Labute approximate surface area is 163 Å². The van der Waals surface area contributed by atoms with Crippen molar-refractivity contribution >= 4 is 17.3 Å². The average Bonchev–Trinajstić information content (AvgIpc) is 2.73. The lowest BCUT2D eigenvalue weighted by Crippen LogP contribution is -2.31. The van der Waals surface area contributed by atoms with E-state index < -0.39 is 4.92 Å². The maximum atomic E-state index is 12.5. The van der Waals surface area contributed by atoms with Gasteiger partial charge in [-0.15, -0.1) is 0 Å². The molecule has 6 heteroatoms. The number of nitro groups is 1. The highest BCUT2D eigenvalue weighted by Crippen LogP contribution is 2.27. The van der Waals surface area contributed by atoms with Gasteiger partial charge in [0.1, 0.15) is 5.75 Å². The van der Waals surface area contributed by atoms with Crippen molar-refractivity contribution in [2.45, 2.75) is 6.42 Å². The summed E-state index contributed by atoms with van der Waals surface area (Å²) in [6.45, 7) is -0.162. The molecule has 3 rings (SSSR count). The summed E-state index contributed by atoms with van der Waals surface area (Å²) in [5, 5.41) is 11.1. The van der Waals surface area contributed by atoms with Crippen molar-refractivity contribution < 1.29 is 14.5 Å². The molecule has 0 bridgehead atoms. The molecule has 3 aromatic rings. The van der Waals surface area contributed by atoms with Crippen molar-refractivity contribution in [3.8, 4) is 5.75 Å².